The van der Waals surface area contributed by atoms with Gasteiger partial charge in [-0.25, -0.2) is 4.39 Å². The molecule has 6 heteroatoms. The number of hydrogen-bond acceptors (Lipinski definition) is 5. The van der Waals surface area contributed by atoms with Crippen LogP contribution in [0.4, 0.5) is 4.39 Å². The van der Waals surface area contributed by atoms with Crippen molar-refractivity contribution in [3.05, 3.63) is 17.4 Å². The van der Waals surface area contributed by atoms with E-state index < -0.39 is 17.3 Å². The number of benzene rings is 1. The van der Waals surface area contributed by atoms with Gasteiger partial charge >= 0.3 is 0 Å². The molecule has 98 valence electrons. The van der Waals surface area contributed by atoms with E-state index >= 15 is 0 Å². The van der Waals surface area contributed by atoms with E-state index in [1.807, 2.05) is 0 Å². The number of carbonyl (C=O) groups excluding carboxylic acids is 1. The van der Waals surface area contributed by atoms with Gasteiger partial charge in [-0.3, -0.25) is 4.79 Å². The van der Waals surface area contributed by atoms with Crippen molar-refractivity contribution in [2.45, 2.75) is 12.8 Å². The van der Waals surface area contributed by atoms with E-state index in [1.165, 1.54) is 0 Å². The molecule has 0 amide bonds. The van der Waals surface area contributed by atoms with Gasteiger partial charge in [-0.15, -0.1) is 0 Å². The molecule has 0 unspecified atom stereocenters. The largest absolute Gasteiger partial charge is 0.504 e. The van der Waals surface area contributed by atoms with E-state index in [-0.39, 0.29) is 30.0 Å². The Hall–Kier alpha value is -1.82. The molecule has 5 nitrogen and oxygen atoms in total. The number of phenols is 1. The Morgan fingerprint density at radius 1 is 1.44 bits per heavy atom. The van der Waals surface area contributed by atoms with Crippen molar-refractivity contribution in [3.63, 3.8) is 0 Å². The first kappa shape index (κ1) is 12.6. The van der Waals surface area contributed by atoms with Crippen LogP contribution >= 0.6 is 0 Å². The van der Waals surface area contributed by atoms with Crippen LogP contribution in [0.3, 0.4) is 0 Å². The van der Waals surface area contributed by atoms with Crippen molar-refractivity contribution in [2.24, 2.45) is 5.73 Å². The predicted octanol–water partition coefficient (Wildman–Crippen LogP) is 1.22. The Labute approximate surface area is 103 Å². The van der Waals surface area contributed by atoms with Gasteiger partial charge in [0.1, 0.15) is 5.56 Å². The molecule has 1 heterocycles. The fraction of sp³-hybridized carbons (Fsp3) is 0.417. The number of hydrogen-bond donors (Lipinski definition) is 2. The number of Topliss-reactive ketones (excluding diaryl/α,β-unsaturated/α-hetero) is 1. The Kier molecular flexibility index (Phi) is 3.66. The van der Waals surface area contributed by atoms with E-state index in [2.05, 4.69) is 0 Å². The van der Waals surface area contributed by atoms with E-state index in [1.54, 1.807) is 0 Å². The average molecular weight is 255 g/mol. The number of aromatic hydroxyl groups is 1. The molecule has 18 heavy (non-hydrogen) atoms. The minimum Gasteiger partial charge on any atom is -0.504 e. The topological polar surface area (TPSA) is 81.8 Å². The summed E-state index contributed by atoms with van der Waals surface area (Å²) < 4.78 is 24.2. The average Bonchev–Trinajstić information content (AvgIpc) is 2.56. The summed E-state index contributed by atoms with van der Waals surface area (Å²) in [6.07, 6.45) is 0.633. The van der Waals surface area contributed by atoms with Crippen LogP contribution in [-0.4, -0.2) is 30.6 Å². The number of fused-ring (bicyclic) bond motifs is 1. The van der Waals surface area contributed by atoms with Crippen molar-refractivity contribution in [2.75, 3.05) is 19.8 Å². The maximum absolute atomic E-state index is 13.5. The van der Waals surface area contributed by atoms with Crippen LogP contribution in [0.5, 0.6) is 17.2 Å². The third kappa shape index (κ3) is 2.24. The smallest absolute Gasteiger partial charge is 0.175 e. The number of halogens is 1. The second-order valence-corrected chi connectivity index (χ2v) is 3.92. The Morgan fingerprint density at radius 3 is 2.89 bits per heavy atom. The highest BCUT2D eigenvalue weighted by Gasteiger charge is 2.26. The zero-order valence-corrected chi connectivity index (χ0v) is 9.74. The summed E-state index contributed by atoms with van der Waals surface area (Å²) in [7, 11) is 0. The molecule has 0 bridgehead atoms. The fourth-order valence-electron chi connectivity index (χ4n) is 1.78. The van der Waals surface area contributed by atoms with Crippen LogP contribution in [0.15, 0.2) is 6.07 Å². The lowest BCUT2D eigenvalue weighted by Gasteiger charge is -2.13. The van der Waals surface area contributed by atoms with Gasteiger partial charge in [0.15, 0.2) is 28.8 Å². The molecular weight excluding hydrogens is 241 g/mol. The summed E-state index contributed by atoms with van der Waals surface area (Å²) >= 11 is 0. The molecule has 0 atom stereocenters. The minimum absolute atomic E-state index is 0.00676. The van der Waals surface area contributed by atoms with E-state index in [0.29, 0.717) is 19.6 Å². The number of nitrogens with two attached hydrogens (primary N) is 1. The Bertz CT molecular complexity index is 476. The number of rotatable bonds is 3. The third-order valence-electron chi connectivity index (χ3n) is 2.61. The van der Waals surface area contributed by atoms with Gasteiger partial charge in [0.05, 0.1) is 13.2 Å². The summed E-state index contributed by atoms with van der Waals surface area (Å²) in [5.41, 5.74) is 5.11. The van der Waals surface area contributed by atoms with Crippen molar-refractivity contribution in [3.8, 4) is 17.2 Å². The summed E-state index contributed by atoms with van der Waals surface area (Å²) in [6, 6.07) is 1.02. The quantitative estimate of drug-likeness (QED) is 0.794. The molecular formula is C12H14FNO4. The monoisotopic (exact) mass is 255 g/mol. The normalized spacial score (nSPS) is 14.1. The standard InChI is InChI=1S/C12H14FNO4/c13-7-6-9-12(18-5-1-4-17-9)10(11(7)16)8(15)2-3-14/h6,16H,1-5,14H2. The highest BCUT2D eigenvalue weighted by atomic mass is 19.1. The molecule has 1 aromatic carbocycles. The number of ketones is 1. The van der Waals surface area contributed by atoms with Crippen LogP contribution in [-0.2, 0) is 0 Å². The lowest BCUT2D eigenvalue weighted by molar-refractivity contribution is 0.0977. The number of ether oxygens (including phenoxy) is 2. The second-order valence-electron chi connectivity index (χ2n) is 3.92. The molecule has 3 N–H and O–H groups in total. The molecule has 0 radical (unpaired) electrons. The third-order valence-corrected chi connectivity index (χ3v) is 2.61. The first-order valence-corrected chi connectivity index (χ1v) is 5.69. The van der Waals surface area contributed by atoms with E-state index in [0.717, 1.165) is 6.07 Å². The molecule has 0 fully saturated rings. The molecule has 0 saturated heterocycles. The summed E-state index contributed by atoms with van der Waals surface area (Å²) in [5.74, 6) is -1.83. The second kappa shape index (κ2) is 5.22. The van der Waals surface area contributed by atoms with Crippen LogP contribution in [0.1, 0.15) is 23.2 Å². The first-order chi connectivity index (χ1) is 8.65. The van der Waals surface area contributed by atoms with Crippen LogP contribution in [0, 0.1) is 5.82 Å². The van der Waals surface area contributed by atoms with Crippen molar-refractivity contribution >= 4 is 5.78 Å². The molecule has 0 aliphatic carbocycles. The van der Waals surface area contributed by atoms with E-state index in [4.69, 9.17) is 15.2 Å². The first-order valence-electron chi connectivity index (χ1n) is 5.69. The van der Waals surface area contributed by atoms with Gasteiger partial charge in [0.2, 0.25) is 0 Å². The molecule has 0 saturated carbocycles. The molecule has 0 aromatic heterocycles. The highest BCUT2D eigenvalue weighted by molar-refractivity contribution is 6.02. The number of carbonyl (C=O) groups is 1. The van der Waals surface area contributed by atoms with Crippen molar-refractivity contribution in [1.29, 1.82) is 0 Å². The minimum atomic E-state index is -0.903. The zero-order valence-electron chi connectivity index (χ0n) is 9.74. The lowest BCUT2D eigenvalue weighted by Crippen LogP contribution is -2.11. The Balaban J connectivity index is 2.54. The summed E-state index contributed by atoms with van der Waals surface area (Å²) in [5, 5.41) is 9.67. The SMILES string of the molecule is NCCC(=O)c1c(O)c(F)cc2c1OCCCO2. The highest BCUT2D eigenvalue weighted by Crippen LogP contribution is 2.41. The summed E-state index contributed by atoms with van der Waals surface area (Å²) in [4.78, 5) is 11.9. The van der Waals surface area contributed by atoms with Crippen molar-refractivity contribution in [1.82, 2.24) is 0 Å². The molecule has 2 rings (SSSR count). The molecule has 1 aliphatic rings. The summed E-state index contributed by atoms with van der Waals surface area (Å²) in [6.45, 7) is 0.840. The lowest BCUT2D eigenvalue weighted by atomic mass is 10.0. The number of phenolic OH excluding ortho intramolecular Hbond substituents is 1. The van der Waals surface area contributed by atoms with Gasteiger partial charge in [-0.2, -0.15) is 0 Å². The maximum atomic E-state index is 13.5. The predicted molar refractivity (Wildman–Crippen MR) is 61.7 cm³/mol. The molecule has 0 spiro atoms. The zero-order chi connectivity index (χ0) is 13.1. The van der Waals surface area contributed by atoms with Crippen LogP contribution < -0.4 is 15.2 Å². The Morgan fingerprint density at radius 2 is 2.17 bits per heavy atom. The van der Waals surface area contributed by atoms with Gasteiger partial charge < -0.3 is 20.3 Å². The van der Waals surface area contributed by atoms with Crippen molar-refractivity contribution < 1.29 is 23.8 Å². The van der Waals surface area contributed by atoms with Gasteiger partial charge in [-0.1, -0.05) is 0 Å². The van der Waals surface area contributed by atoms with Gasteiger partial charge in [-0.05, 0) is 6.54 Å². The fourth-order valence-corrected chi connectivity index (χ4v) is 1.78. The maximum Gasteiger partial charge on any atom is 0.175 e. The van der Waals surface area contributed by atoms with Crippen LogP contribution in [0.25, 0.3) is 0 Å². The van der Waals surface area contributed by atoms with Gasteiger partial charge in [0, 0.05) is 18.9 Å². The van der Waals surface area contributed by atoms with Gasteiger partial charge in [0.25, 0.3) is 0 Å². The van der Waals surface area contributed by atoms with Crippen LogP contribution in [0.2, 0.25) is 0 Å². The van der Waals surface area contributed by atoms with E-state index in [9.17, 15) is 14.3 Å². The molecule has 1 aromatic rings. The molecule has 1 aliphatic heterocycles.